The van der Waals surface area contributed by atoms with Crippen molar-refractivity contribution in [3.05, 3.63) is 11.8 Å². The highest BCUT2D eigenvalue weighted by molar-refractivity contribution is 5.78. The Morgan fingerprint density at radius 1 is 1.45 bits per heavy atom. The van der Waals surface area contributed by atoms with E-state index < -0.39 is 0 Å². The number of rotatable bonds is 4. The molecular formula is C9H18N2. The van der Waals surface area contributed by atoms with Gasteiger partial charge in [0.25, 0.3) is 0 Å². The van der Waals surface area contributed by atoms with Crippen molar-refractivity contribution in [1.29, 1.82) is 0 Å². The van der Waals surface area contributed by atoms with E-state index in [1.807, 2.05) is 25.2 Å². The minimum atomic E-state index is 1.11. The summed E-state index contributed by atoms with van der Waals surface area (Å²) in [6.45, 7) is 2.17. The summed E-state index contributed by atoms with van der Waals surface area (Å²) in [4.78, 5) is 6.04. The predicted molar refractivity (Wildman–Crippen MR) is 51.1 cm³/mol. The van der Waals surface area contributed by atoms with Crippen LogP contribution in [0.5, 0.6) is 0 Å². The van der Waals surface area contributed by atoms with Crippen molar-refractivity contribution >= 4 is 6.21 Å². The second-order valence-corrected chi connectivity index (χ2v) is 2.80. The van der Waals surface area contributed by atoms with Crippen LogP contribution >= 0.6 is 0 Å². The normalized spacial score (nSPS) is 12.5. The third-order valence-electron chi connectivity index (χ3n) is 1.26. The van der Waals surface area contributed by atoms with E-state index in [1.165, 1.54) is 12.0 Å². The predicted octanol–water partition coefficient (Wildman–Crippen LogP) is 1.93. The molecule has 0 N–H and O–H groups in total. The van der Waals surface area contributed by atoms with Gasteiger partial charge in [0.05, 0.1) is 0 Å². The molecular weight excluding hydrogens is 136 g/mol. The lowest BCUT2D eigenvalue weighted by molar-refractivity contribution is 0.558. The molecule has 64 valence electrons. The quantitative estimate of drug-likeness (QED) is 0.565. The van der Waals surface area contributed by atoms with Crippen molar-refractivity contribution in [1.82, 2.24) is 4.90 Å². The highest BCUT2D eigenvalue weighted by atomic mass is 15.0. The van der Waals surface area contributed by atoms with Crippen molar-refractivity contribution < 1.29 is 0 Å². The molecule has 0 aromatic rings. The lowest BCUT2D eigenvalue weighted by atomic mass is 10.2. The van der Waals surface area contributed by atoms with E-state index in [1.54, 1.807) is 7.05 Å². The largest absolute Gasteiger partial charge is 0.383 e. The Labute approximate surface area is 69.6 Å². The summed E-state index contributed by atoms with van der Waals surface area (Å²) >= 11 is 0. The van der Waals surface area contributed by atoms with Crippen molar-refractivity contribution in [2.75, 3.05) is 21.1 Å². The van der Waals surface area contributed by atoms with Gasteiger partial charge in [0.15, 0.2) is 0 Å². The number of hydrogen-bond acceptors (Lipinski definition) is 2. The minimum Gasteiger partial charge on any atom is -0.383 e. The molecule has 2 heteroatoms. The van der Waals surface area contributed by atoms with Gasteiger partial charge in [-0.05, 0) is 12.0 Å². The number of hydrogen-bond donors (Lipinski definition) is 0. The molecule has 0 saturated heterocycles. The lowest BCUT2D eigenvalue weighted by Gasteiger charge is -2.06. The summed E-state index contributed by atoms with van der Waals surface area (Å²) in [7, 11) is 5.86. The molecule has 0 aliphatic heterocycles. The first-order valence-electron chi connectivity index (χ1n) is 4.00. The maximum atomic E-state index is 3.99. The summed E-state index contributed by atoms with van der Waals surface area (Å²) in [6, 6.07) is 0. The van der Waals surface area contributed by atoms with E-state index in [0.29, 0.717) is 0 Å². The van der Waals surface area contributed by atoms with Gasteiger partial charge in [-0.2, -0.15) is 0 Å². The van der Waals surface area contributed by atoms with E-state index in [-0.39, 0.29) is 0 Å². The van der Waals surface area contributed by atoms with Crippen molar-refractivity contribution in [3.63, 3.8) is 0 Å². The van der Waals surface area contributed by atoms with Crippen LogP contribution in [0.15, 0.2) is 16.8 Å². The molecule has 0 atom stereocenters. The first-order chi connectivity index (χ1) is 5.20. The van der Waals surface area contributed by atoms with Gasteiger partial charge in [-0.1, -0.05) is 13.3 Å². The monoisotopic (exact) mass is 154 g/mol. The Kier molecular flexibility index (Phi) is 5.53. The van der Waals surface area contributed by atoms with E-state index >= 15 is 0 Å². The Balaban J connectivity index is 4.08. The Hall–Kier alpha value is -0.790. The van der Waals surface area contributed by atoms with Gasteiger partial charge >= 0.3 is 0 Å². The summed E-state index contributed by atoms with van der Waals surface area (Å²) in [5, 5.41) is 0. The van der Waals surface area contributed by atoms with E-state index in [4.69, 9.17) is 0 Å². The third kappa shape index (κ3) is 5.64. The molecule has 0 heterocycles. The van der Waals surface area contributed by atoms with Crippen LogP contribution in [0.25, 0.3) is 0 Å². The molecule has 2 nitrogen and oxygen atoms in total. The molecule has 0 spiro atoms. The Bertz CT molecular complexity index is 146. The second kappa shape index (κ2) is 5.96. The first kappa shape index (κ1) is 10.2. The average Bonchev–Trinajstić information content (AvgIpc) is 1.87. The van der Waals surface area contributed by atoms with Crippen LogP contribution in [-0.4, -0.2) is 32.3 Å². The zero-order chi connectivity index (χ0) is 8.69. The molecule has 0 aliphatic rings. The van der Waals surface area contributed by atoms with Crippen molar-refractivity contribution in [3.8, 4) is 0 Å². The fourth-order valence-electron chi connectivity index (χ4n) is 0.949. The highest BCUT2D eigenvalue weighted by Crippen LogP contribution is 2.01. The highest BCUT2D eigenvalue weighted by Gasteiger charge is 1.90. The molecule has 0 bridgehead atoms. The molecule has 0 saturated carbocycles. The minimum absolute atomic E-state index is 1.11. The molecule has 0 rings (SSSR count). The fourth-order valence-corrected chi connectivity index (χ4v) is 0.949. The van der Waals surface area contributed by atoms with Gasteiger partial charge in [-0.15, -0.1) is 0 Å². The number of allylic oxidation sites excluding steroid dienone is 1. The lowest BCUT2D eigenvalue weighted by Crippen LogP contribution is -2.03. The number of aliphatic imine (C=N–C) groups is 1. The zero-order valence-corrected chi connectivity index (χ0v) is 7.96. The van der Waals surface area contributed by atoms with Gasteiger partial charge in [0.2, 0.25) is 0 Å². The summed E-state index contributed by atoms with van der Waals surface area (Å²) in [5.74, 6) is 0. The molecule has 0 aromatic carbocycles. The Morgan fingerprint density at radius 3 is 2.45 bits per heavy atom. The molecule has 0 amide bonds. The molecule has 0 aromatic heterocycles. The van der Waals surface area contributed by atoms with Crippen LogP contribution in [-0.2, 0) is 0 Å². The van der Waals surface area contributed by atoms with Crippen molar-refractivity contribution in [2.45, 2.75) is 19.8 Å². The summed E-state index contributed by atoms with van der Waals surface area (Å²) in [5.41, 5.74) is 1.29. The van der Waals surface area contributed by atoms with Crippen LogP contribution in [0.1, 0.15) is 19.8 Å². The van der Waals surface area contributed by atoms with Gasteiger partial charge in [-0.3, -0.25) is 4.99 Å². The summed E-state index contributed by atoms with van der Waals surface area (Å²) < 4.78 is 0. The molecule has 0 aliphatic carbocycles. The number of nitrogens with zero attached hydrogens (tertiary/aromatic N) is 2. The van der Waals surface area contributed by atoms with Crippen LogP contribution in [0.4, 0.5) is 0 Å². The smallest absolute Gasteiger partial charge is 0.0277 e. The van der Waals surface area contributed by atoms with E-state index in [0.717, 1.165) is 6.42 Å². The zero-order valence-electron chi connectivity index (χ0n) is 7.96. The molecule has 11 heavy (non-hydrogen) atoms. The maximum Gasteiger partial charge on any atom is 0.0277 e. The van der Waals surface area contributed by atoms with Crippen molar-refractivity contribution in [2.24, 2.45) is 4.99 Å². The second-order valence-electron chi connectivity index (χ2n) is 2.80. The molecule has 0 radical (unpaired) electrons. The Morgan fingerprint density at radius 2 is 2.09 bits per heavy atom. The van der Waals surface area contributed by atoms with E-state index in [9.17, 15) is 0 Å². The average molecular weight is 154 g/mol. The maximum absolute atomic E-state index is 3.99. The van der Waals surface area contributed by atoms with Crippen LogP contribution in [0.2, 0.25) is 0 Å². The van der Waals surface area contributed by atoms with Gasteiger partial charge in [0, 0.05) is 33.6 Å². The van der Waals surface area contributed by atoms with Crippen LogP contribution in [0.3, 0.4) is 0 Å². The van der Waals surface area contributed by atoms with Gasteiger partial charge in [-0.25, -0.2) is 0 Å². The summed E-state index contributed by atoms with van der Waals surface area (Å²) in [6.07, 6.45) is 6.31. The molecule has 0 fully saturated rings. The van der Waals surface area contributed by atoms with Gasteiger partial charge in [0.1, 0.15) is 0 Å². The topological polar surface area (TPSA) is 15.6 Å². The third-order valence-corrected chi connectivity index (χ3v) is 1.26. The van der Waals surface area contributed by atoms with Crippen LogP contribution < -0.4 is 0 Å². The van der Waals surface area contributed by atoms with E-state index in [2.05, 4.69) is 18.1 Å². The standard InChI is InChI=1S/C9H18N2/c1-5-6-9(7-10-2)8-11(3)4/h7-8H,5-6H2,1-4H3/b9-8+,10-7?. The SMILES string of the molecule is CCC/C(C=NC)=C\N(C)C. The first-order valence-corrected chi connectivity index (χ1v) is 4.00. The molecule has 0 unspecified atom stereocenters. The van der Waals surface area contributed by atoms with Gasteiger partial charge < -0.3 is 4.90 Å². The van der Waals surface area contributed by atoms with Crippen LogP contribution in [0, 0.1) is 0 Å². The fraction of sp³-hybridized carbons (Fsp3) is 0.667.